The predicted molar refractivity (Wildman–Crippen MR) is 197 cm³/mol. The maximum Gasteiger partial charge on any atom is 0.437 e. The highest BCUT2D eigenvalue weighted by Crippen LogP contribution is 2.51. The molecule has 2 saturated heterocycles. The Morgan fingerprint density at radius 1 is 1.12 bits per heavy atom. The molecule has 308 valence electrons. The molecule has 1 aromatic heterocycles. The van der Waals surface area contributed by atoms with E-state index in [1.807, 2.05) is 13.0 Å². The molecule has 2 saturated carbocycles. The van der Waals surface area contributed by atoms with Gasteiger partial charge in [0.25, 0.3) is 5.91 Å². The minimum atomic E-state index is -4.92. The number of nitrogens with one attached hydrogen (secondary N) is 2. The second-order valence-corrected chi connectivity index (χ2v) is 18.7. The van der Waals surface area contributed by atoms with Crippen LogP contribution in [0.4, 0.5) is 18.0 Å². The number of rotatable bonds is 5. The van der Waals surface area contributed by atoms with Crippen molar-refractivity contribution < 1.29 is 55.0 Å². The Balaban J connectivity index is 1.16. The number of nitrogens with zero attached hydrogens (tertiary/aromatic N) is 3. The van der Waals surface area contributed by atoms with Gasteiger partial charge in [-0.3, -0.25) is 14.4 Å². The van der Waals surface area contributed by atoms with Crippen LogP contribution in [0.15, 0.2) is 30.4 Å². The van der Waals surface area contributed by atoms with Crippen molar-refractivity contribution in [2.24, 2.45) is 11.3 Å². The number of alkyl carbamates (subject to hydrolysis) is 1. The molecule has 14 nitrogen and oxygen atoms in total. The molecule has 0 bridgehead atoms. The standard InChI is InChI=1S/C39H46F3N5O9S/c1-36(14-15-36)22-55-35(51)44-28-9-7-5-3-4-6-8-23-19-38(23,34(50)47-16-17-57(47,52)53)45-32(48)29-20-37(21-46(29)33(28)49)13-12-25-26-18-24(54-2)10-11-27(26)43-31(30(25)56-37)39(40,41)42/h6,8,10-11,18,23,28-29H,3-5,7,9,12-17,19-22H2,1-2H3,(H,44,51)(H,45,48)/b8-6-/t23-,28+,29+,37-,38-/m1/s1. The van der Waals surface area contributed by atoms with Crippen LogP contribution < -0.4 is 20.1 Å². The largest absolute Gasteiger partial charge is 0.497 e. The molecule has 5 atom stereocenters. The molecule has 57 heavy (non-hydrogen) atoms. The summed E-state index contributed by atoms with van der Waals surface area (Å²) in [6.45, 7) is 1.81. The molecule has 4 fully saturated rings. The summed E-state index contributed by atoms with van der Waals surface area (Å²) in [4.78, 5) is 61.5. The number of sulfonamides is 1. The van der Waals surface area contributed by atoms with Crippen LogP contribution in [0.1, 0.15) is 82.4 Å². The molecule has 18 heteroatoms. The van der Waals surface area contributed by atoms with Crippen LogP contribution in [0.3, 0.4) is 0 Å². The first-order chi connectivity index (χ1) is 27.0. The van der Waals surface area contributed by atoms with Gasteiger partial charge in [-0.25, -0.2) is 22.5 Å². The molecule has 0 radical (unpaired) electrons. The number of alkyl halides is 3. The summed E-state index contributed by atoms with van der Waals surface area (Å²) in [5.74, 6) is -3.03. The molecule has 1 aromatic carbocycles. The van der Waals surface area contributed by atoms with E-state index in [0.29, 0.717) is 30.4 Å². The van der Waals surface area contributed by atoms with Crippen LogP contribution >= 0.6 is 0 Å². The smallest absolute Gasteiger partial charge is 0.437 e. The maximum absolute atomic E-state index is 14.7. The Labute approximate surface area is 327 Å². The number of fused-ring (bicyclic) bond motifs is 5. The number of methoxy groups -OCH3 is 1. The van der Waals surface area contributed by atoms with E-state index in [2.05, 4.69) is 15.6 Å². The van der Waals surface area contributed by atoms with Crippen molar-refractivity contribution in [3.8, 4) is 11.5 Å². The molecule has 5 heterocycles. The number of aromatic nitrogens is 1. The molecule has 6 aliphatic rings. The number of carbonyl (C=O) groups is 4. The van der Waals surface area contributed by atoms with Crippen LogP contribution in [0, 0.1) is 11.3 Å². The molecule has 8 rings (SSSR count). The number of aryl methyl sites for hydroxylation is 1. The van der Waals surface area contributed by atoms with E-state index in [4.69, 9.17) is 14.2 Å². The highest BCUT2D eigenvalue weighted by Gasteiger charge is 2.65. The van der Waals surface area contributed by atoms with Gasteiger partial charge in [0.05, 0.1) is 38.1 Å². The summed E-state index contributed by atoms with van der Waals surface area (Å²) in [6.07, 6.45) is 2.60. The van der Waals surface area contributed by atoms with Gasteiger partial charge >= 0.3 is 12.3 Å². The topological polar surface area (TPSA) is 174 Å². The molecule has 0 unspecified atom stereocenters. The number of amides is 4. The van der Waals surface area contributed by atoms with Gasteiger partial charge < -0.3 is 29.7 Å². The fourth-order valence-electron chi connectivity index (χ4n) is 8.59. The van der Waals surface area contributed by atoms with Crippen molar-refractivity contribution in [3.63, 3.8) is 0 Å². The number of hydrogen-bond acceptors (Lipinski definition) is 10. The van der Waals surface area contributed by atoms with E-state index < -0.39 is 80.6 Å². The molecule has 2 aliphatic carbocycles. The van der Waals surface area contributed by atoms with Crippen molar-refractivity contribution in [3.05, 3.63) is 41.6 Å². The van der Waals surface area contributed by atoms with E-state index in [1.165, 1.54) is 24.1 Å². The van der Waals surface area contributed by atoms with Gasteiger partial charge in [-0.15, -0.1) is 0 Å². The lowest BCUT2D eigenvalue weighted by Crippen LogP contribution is -2.62. The number of halogens is 3. The molecule has 1 spiro atoms. The van der Waals surface area contributed by atoms with E-state index in [1.54, 1.807) is 12.1 Å². The highest BCUT2D eigenvalue weighted by molar-refractivity contribution is 7.90. The van der Waals surface area contributed by atoms with Crippen LogP contribution in [-0.2, 0) is 41.7 Å². The van der Waals surface area contributed by atoms with Crippen molar-refractivity contribution in [1.82, 2.24) is 24.8 Å². The van der Waals surface area contributed by atoms with Crippen LogP contribution in [0.2, 0.25) is 0 Å². The fourth-order valence-corrected chi connectivity index (χ4v) is 9.67. The van der Waals surface area contributed by atoms with Crippen LogP contribution in [0.25, 0.3) is 10.9 Å². The first-order valence-corrected chi connectivity index (χ1v) is 21.1. The second-order valence-electron chi connectivity index (χ2n) is 16.7. The fraction of sp³-hybridized carbons (Fsp3) is 0.615. The Bertz CT molecular complexity index is 2160. The summed E-state index contributed by atoms with van der Waals surface area (Å²) in [5.41, 5.74) is -4.11. The van der Waals surface area contributed by atoms with E-state index in [9.17, 15) is 40.8 Å². The normalized spacial score (nSPS) is 30.9. The van der Waals surface area contributed by atoms with Gasteiger partial charge in [0.2, 0.25) is 21.8 Å². The zero-order valence-corrected chi connectivity index (χ0v) is 32.6. The minimum absolute atomic E-state index is 0.0294. The summed E-state index contributed by atoms with van der Waals surface area (Å²) in [5, 5.41) is 5.92. The number of allylic oxidation sites excluding steroid dienone is 1. The summed E-state index contributed by atoms with van der Waals surface area (Å²) < 4.78 is 87.3. The summed E-state index contributed by atoms with van der Waals surface area (Å²) in [7, 11) is -2.40. The Kier molecular flexibility index (Phi) is 9.67. The molecule has 2 aromatic rings. The Morgan fingerprint density at radius 3 is 2.60 bits per heavy atom. The number of carbonyl (C=O) groups excluding carboxylic acids is 4. The number of hydrogen-bond donors (Lipinski definition) is 2. The SMILES string of the molecule is COc1ccc2nc(C(F)(F)F)c3c(c2c1)CC[C@]1(C[C@H]2C(=O)N[C@]4(C(=O)N5CCS5(=O)=O)C[C@H]4/C=C\CCCCC[C@H](NC(=O)OCC4(C)CC4)C(=O)N2C1)O3. The maximum atomic E-state index is 14.7. The van der Waals surface area contributed by atoms with Gasteiger partial charge in [-0.1, -0.05) is 31.9 Å². The molecule has 4 aliphatic heterocycles. The van der Waals surface area contributed by atoms with E-state index in [-0.39, 0.29) is 74.0 Å². The monoisotopic (exact) mass is 817 g/mol. The third kappa shape index (κ3) is 7.37. The molecular weight excluding hydrogens is 772 g/mol. The minimum Gasteiger partial charge on any atom is -0.497 e. The van der Waals surface area contributed by atoms with Crippen LogP contribution in [0.5, 0.6) is 11.5 Å². The average molecular weight is 818 g/mol. The van der Waals surface area contributed by atoms with Gasteiger partial charge in [0.15, 0.2) is 11.4 Å². The molecule has 4 amide bonds. The lowest BCUT2D eigenvalue weighted by molar-refractivity contribution is -0.144. The zero-order chi connectivity index (χ0) is 40.5. The van der Waals surface area contributed by atoms with Crippen molar-refractivity contribution in [2.75, 3.05) is 32.6 Å². The van der Waals surface area contributed by atoms with Crippen molar-refractivity contribution in [1.29, 1.82) is 0 Å². The van der Waals surface area contributed by atoms with Gasteiger partial charge in [0, 0.05) is 28.7 Å². The third-order valence-corrected chi connectivity index (χ3v) is 14.2. The quantitative estimate of drug-likeness (QED) is 0.413. The lowest BCUT2D eigenvalue weighted by Gasteiger charge is -2.37. The second kappa shape index (κ2) is 14.0. The number of pyridine rings is 1. The number of benzene rings is 1. The third-order valence-electron chi connectivity index (χ3n) is 12.5. The summed E-state index contributed by atoms with van der Waals surface area (Å²) in [6, 6.07) is 2.04. The molecule has 2 N–H and O–H groups in total. The highest BCUT2D eigenvalue weighted by atomic mass is 32.2. The summed E-state index contributed by atoms with van der Waals surface area (Å²) >= 11 is 0. The van der Waals surface area contributed by atoms with Crippen LogP contribution in [-0.4, -0.2) is 102 Å². The first-order valence-electron chi connectivity index (χ1n) is 19.5. The van der Waals surface area contributed by atoms with Gasteiger partial charge in [-0.2, -0.15) is 13.2 Å². The molecular formula is C39H46F3N5O9S. The van der Waals surface area contributed by atoms with Crippen molar-refractivity contribution >= 4 is 44.7 Å². The van der Waals surface area contributed by atoms with Crippen molar-refractivity contribution in [2.45, 2.75) is 107 Å². The predicted octanol–water partition coefficient (Wildman–Crippen LogP) is 4.39. The Hall–Kier alpha value is -4.61. The zero-order valence-electron chi connectivity index (χ0n) is 31.8. The van der Waals surface area contributed by atoms with Gasteiger partial charge in [-0.05, 0) is 69.6 Å². The first kappa shape index (κ1) is 39.2. The van der Waals surface area contributed by atoms with Gasteiger partial charge in [0.1, 0.15) is 29.0 Å². The van der Waals surface area contributed by atoms with E-state index in [0.717, 1.165) is 23.6 Å². The average Bonchev–Trinajstić information content (AvgIpc) is 4.05. The lowest BCUT2D eigenvalue weighted by atomic mass is 9.87. The Morgan fingerprint density at radius 2 is 1.91 bits per heavy atom. The number of ether oxygens (including phenoxy) is 3. The van der Waals surface area contributed by atoms with E-state index >= 15 is 0 Å².